The molecule has 0 aromatic carbocycles. The number of nitro groups is 1. The summed E-state index contributed by atoms with van der Waals surface area (Å²) in [6.07, 6.45) is 5.03. The predicted octanol–water partition coefficient (Wildman–Crippen LogP) is 1.61. The van der Waals surface area contributed by atoms with E-state index >= 15 is 0 Å². The van der Waals surface area contributed by atoms with E-state index in [1.165, 1.54) is 6.92 Å². The van der Waals surface area contributed by atoms with E-state index in [1.807, 2.05) is 0 Å². The van der Waals surface area contributed by atoms with Crippen LogP contribution in [0.5, 0.6) is 0 Å². The minimum absolute atomic E-state index is 0.191. The average molecular weight is 295 g/mol. The monoisotopic (exact) mass is 294 g/mol. The summed E-state index contributed by atoms with van der Waals surface area (Å²) in [4.78, 5) is 9.77. The first-order chi connectivity index (χ1) is 7.77. The van der Waals surface area contributed by atoms with E-state index in [-0.39, 0.29) is 8.55 Å². The van der Waals surface area contributed by atoms with Gasteiger partial charge in [-0.1, -0.05) is 17.5 Å². The molecule has 9 heteroatoms. The second-order valence-electron chi connectivity index (χ2n) is 2.99. The third-order valence-corrected chi connectivity index (χ3v) is 5.04. The molecule has 1 unspecified atom stereocenters. The summed E-state index contributed by atoms with van der Waals surface area (Å²) in [6.45, 7) is 1.47. The molecule has 1 aromatic rings. The molecule has 6 nitrogen and oxygen atoms in total. The number of rotatable bonds is 4. The largest absolute Gasteiger partial charge is 0.300 e. The van der Waals surface area contributed by atoms with Crippen LogP contribution in [-0.2, 0) is 10.0 Å². The lowest BCUT2D eigenvalue weighted by Crippen LogP contribution is -2.30. The molecule has 0 spiro atoms. The highest BCUT2D eigenvalue weighted by Crippen LogP contribution is 2.36. The number of nitrogens with zero attached hydrogens (tertiary/aromatic N) is 1. The van der Waals surface area contributed by atoms with Gasteiger partial charge in [0.15, 0.2) is 4.34 Å². The summed E-state index contributed by atoms with van der Waals surface area (Å²) in [5.41, 5.74) is -0.439. The van der Waals surface area contributed by atoms with Gasteiger partial charge in [-0.2, -0.15) is 4.72 Å². The fourth-order valence-corrected chi connectivity index (χ4v) is 3.77. The number of hydrogen-bond donors (Lipinski definition) is 1. The van der Waals surface area contributed by atoms with Crippen molar-refractivity contribution >= 4 is 38.6 Å². The first-order valence-corrected chi connectivity index (χ1v) is 6.88. The summed E-state index contributed by atoms with van der Waals surface area (Å²) < 4.78 is 25.2. The lowest BCUT2D eigenvalue weighted by molar-refractivity contribution is -0.384. The Labute approximate surface area is 107 Å². The van der Waals surface area contributed by atoms with Gasteiger partial charge in [-0.25, -0.2) is 8.42 Å². The normalized spacial score (nSPS) is 13.0. The van der Waals surface area contributed by atoms with Gasteiger partial charge < -0.3 is 0 Å². The second-order valence-corrected chi connectivity index (χ2v) is 6.59. The van der Waals surface area contributed by atoms with Gasteiger partial charge in [0.2, 0.25) is 0 Å². The molecule has 0 aliphatic heterocycles. The zero-order valence-electron chi connectivity index (χ0n) is 8.51. The number of sulfonamides is 1. The van der Waals surface area contributed by atoms with E-state index in [0.717, 1.165) is 6.07 Å². The van der Waals surface area contributed by atoms with Crippen molar-refractivity contribution in [2.45, 2.75) is 17.2 Å². The third kappa shape index (κ3) is 3.17. The molecular formula is C8H7ClN2O4S2. The van der Waals surface area contributed by atoms with Crippen LogP contribution in [0.2, 0.25) is 4.34 Å². The zero-order valence-corrected chi connectivity index (χ0v) is 10.9. The molecule has 1 heterocycles. The number of thiophene rings is 1. The van der Waals surface area contributed by atoms with Gasteiger partial charge in [0.1, 0.15) is 4.21 Å². The molecule has 1 N–H and O–H groups in total. The van der Waals surface area contributed by atoms with Gasteiger partial charge in [0.25, 0.3) is 15.7 Å². The number of nitrogens with one attached hydrogen (secondary N) is 1. The Kier molecular flexibility index (Phi) is 4.11. The van der Waals surface area contributed by atoms with Gasteiger partial charge in [-0.15, -0.1) is 17.8 Å². The van der Waals surface area contributed by atoms with Crippen molar-refractivity contribution in [1.29, 1.82) is 0 Å². The lowest BCUT2D eigenvalue weighted by Gasteiger charge is -2.05. The smallest absolute Gasteiger partial charge is 0.258 e. The first-order valence-electron chi connectivity index (χ1n) is 4.20. The molecule has 0 saturated heterocycles. The van der Waals surface area contributed by atoms with E-state index in [4.69, 9.17) is 18.0 Å². The van der Waals surface area contributed by atoms with Crippen LogP contribution in [0.1, 0.15) is 6.92 Å². The Morgan fingerprint density at radius 3 is 2.71 bits per heavy atom. The average Bonchev–Trinajstić information content (AvgIpc) is 2.60. The van der Waals surface area contributed by atoms with Crippen LogP contribution in [0.4, 0.5) is 5.69 Å². The minimum atomic E-state index is -3.87. The minimum Gasteiger partial charge on any atom is -0.258 e. The summed E-state index contributed by atoms with van der Waals surface area (Å²) in [6, 6.07) is 0.193. The molecule has 0 saturated carbocycles. The maximum Gasteiger partial charge on any atom is 0.300 e. The van der Waals surface area contributed by atoms with Crippen molar-refractivity contribution in [1.82, 2.24) is 4.72 Å². The molecule has 1 atom stereocenters. The summed E-state index contributed by atoms with van der Waals surface area (Å²) in [5, 5.41) is 10.5. The third-order valence-electron chi connectivity index (χ3n) is 1.69. The summed E-state index contributed by atoms with van der Waals surface area (Å²) >= 11 is 6.17. The number of hydrogen-bond acceptors (Lipinski definition) is 5. The van der Waals surface area contributed by atoms with E-state index < -0.39 is 26.7 Å². The summed E-state index contributed by atoms with van der Waals surface area (Å²) in [7, 11) is -3.87. The quantitative estimate of drug-likeness (QED) is 0.519. The van der Waals surface area contributed by atoms with Crippen molar-refractivity contribution in [3.63, 3.8) is 0 Å². The maximum absolute atomic E-state index is 11.7. The fraction of sp³-hybridized carbons (Fsp3) is 0.250. The zero-order chi connectivity index (χ0) is 13.2. The Morgan fingerprint density at radius 1 is 1.71 bits per heavy atom. The first kappa shape index (κ1) is 13.9. The molecule has 0 amide bonds. The van der Waals surface area contributed by atoms with Crippen molar-refractivity contribution in [3.05, 3.63) is 20.5 Å². The van der Waals surface area contributed by atoms with Crippen LogP contribution in [0.25, 0.3) is 0 Å². The Balaban J connectivity index is 3.14. The molecule has 17 heavy (non-hydrogen) atoms. The van der Waals surface area contributed by atoms with Crippen LogP contribution in [-0.4, -0.2) is 19.4 Å². The van der Waals surface area contributed by atoms with Gasteiger partial charge in [0, 0.05) is 6.07 Å². The molecule has 0 fully saturated rings. The molecule has 92 valence electrons. The highest BCUT2D eigenvalue weighted by Gasteiger charge is 2.25. The van der Waals surface area contributed by atoms with Gasteiger partial charge in [0.05, 0.1) is 11.0 Å². The molecule has 0 aliphatic carbocycles. The molecule has 1 aromatic heterocycles. The predicted molar refractivity (Wildman–Crippen MR) is 64.6 cm³/mol. The SMILES string of the molecule is C#CC(C)NS(=O)(=O)c1cc([N+](=O)[O-])c(Cl)s1. The van der Waals surface area contributed by atoms with E-state index in [2.05, 4.69) is 10.6 Å². The van der Waals surface area contributed by atoms with Gasteiger partial charge in [-0.05, 0) is 6.92 Å². The van der Waals surface area contributed by atoms with Crippen molar-refractivity contribution < 1.29 is 13.3 Å². The number of halogens is 1. The van der Waals surface area contributed by atoms with E-state index in [0.29, 0.717) is 11.3 Å². The Hall–Kier alpha value is -1.14. The molecule has 0 bridgehead atoms. The highest BCUT2D eigenvalue weighted by atomic mass is 35.5. The maximum atomic E-state index is 11.7. The molecule has 0 aliphatic rings. The van der Waals surface area contributed by atoms with E-state index in [1.54, 1.807) is 0 Å². The van der Waals surface area contributed by atoms with Crippen LogP contribution in [0.15, 0.2) is 10.3 Å². The van der Waals surface area contributed by atoms with E-state index in [9.17, 15) is 18.5 Å². The molecular weight excluding hydrogens is 288 g/mol. The Bertz CT molecular complexity index is 587. The van der Waals surface area contributed by atoms with Gasteiger partial charge >= 0.3 is 0 Å². The topological polar surface area (TPSA) is 89.3 Å². The van der Waals surface area contributed by atoms with Crippen LogP contribution >= 0.6 is 22.9 Å². The second kappa shape index (κ2) is 5.01. The summed E-state index contributed by atoms with van der Waals surface area (Å²) in [5.74, 6) is 2.18. The molecule has 1 rings (SSSR count). The lowest BCUT2D eigenvalue weighted by atomic mass is 10.4. The van der Waals surface area contributed by atoms with Crippen LogP contribution in [0, 0.1) is 22.5 Å². The molecule has 0 radical (unpaired) electrons. The fourth-order valence-electron chi connectivity index (χ4n) is 0.920. The Morgan fingerprint density at radius 2 is 2.29 bits per heavy atom. The van der Waals surface area contributed by atoms with Crippen LogP contribution < -0.4 is 4.72 Å². The van der Waals surface area contributed by atoms with Crippen molar-refractivity contribution in [2.75, 3.05) is 0 Å². The highest BCUT2D eigenvalue weighted by molar-refractivity contribution is 7.91. The standard InChI is InChI=1S/C8H7ClN2O4S2/c1-3-5(2)10-17(14,15)7-4-6(11(12)13)8(9)16-7/h1,4-5,10H,2H3. The van der Waals surface area contributed by atoms with Gasteiger partial charge in [-0.3, -0.25) is 10.1 Å². The van der Waals surface area contributed by atoms with Crippen LogP contribution in [0.3, 0.4) is 0 Å². The number of terminal acetylenes is 1. The van der Waals surface area contributed by atoms with Crippen molar-refractivity contribution in [3.8, 4) is 12.3 Å². The van der Waals surface area contributed by atoms with Crippen molar-refractivity contribution in [2.24, 2.45) is 0 Å².